The minimum Gasteiger partial charge on any atom is -0.185 e. The number of alkyl halides is 4. The molecule has 0 aromatic rings. The van der Waals surface area contributed by atoms with Gasteiger partial charge in [-0.05, 0) is 19.7 Å². The van der Waals surface area contributed by atoms with Crippen LogP contribution >= 0.6 is 41.2 Å². The lowest BCUT2D eigenvalue weighted by Crippen LogP contribution is -2.33. The lowest BCUT2D eigenvalue weighted by Gasteiger charge is -2.26. The standard InChI is InChI=1S/C2F4S4/c3-1(4)2(5,6)8-10-9-7-1. The summed E-state index contributed by atoms with van der Waals surface area (Å²) in [7, 11) is 1.15. The molecule has 1 rings (SSSR count). The molecule has 0 amide bonds. The molecule has 0 N–H and O–H groups in total. The summed E-state index contributed by atoms with van der Waals surface area (Å²) >= 11 is 0. The molecule has 0 aliphatic carbocycles. The van der Waals surface area contributed by atoms with Crippen LogP contribution in [0, 0.1) is 0 Å². The Bertz CT molecular complexity index is 119. The number of halogens is 4. The Hall–Kier alpha value is 1.12. The molecule has 0 spiro atoms. The van der Waals surface area contributed by atoms with E-state index in [9.17, 15) is 17.6 Å². The molecule has 8 heteroatoms. The van der Waals surface area contributed by atoms with E-state index in [1.807, 2.05) is 0 Å². The molecule has 0 radical (unpaired) electrons. The van der Waals surface area contributed by atoms with Crippen molar-refractivity contribution in [2.75, 3.05) is 0 Å². The minimum absolute atomic E-state index is 0.0972. The highest BCUT2D eigenvalue weighted by atomic mass is 33.7. The fraction of sp³-hybridized carbons (Fsp3) is 1.00. The first-order chi connectivity index (χ1) is 4.46. The molecule has 1 saturated heterocycles. The summed E-state index contributed by atoms with van der Waals surface area (Å²) in [5.41, 5.74) is 0. The van der Waals surface area contributed by atoms with Gasteiger partial charge in [0.25, 0.3) is 0 Å². The van der Waals surface area contributed by atoms with Gasteiger partial charge < -0.3 is 0 Å². The Morgan fingerprint density at radius 1 is 0.700 bits per heavy atom. The van der Waals surface area contributed by atoms with Crippen molar-refractivity contribution in [2.24, 2.45) is 0 Å². The Balaban J connectivity index is 2.70. The molecule has 1 heterocycles. The lowest BCUT2D eigenvalue weighted by molar-refractivity contribution is -0.0813. The number of hydrogen-bond donors (Lipinski definition) is 0. The van der Waals surface area contributed by atoms with E-state index in [0.717, 1.165) is 0 Å². The van der Waals surface area contributed by atoms with E-state index in [1.165, 1.54) is 0 Å². The van der Waals surface area contributed by atoms with E-state index < -0.39 is 10.5 Å². The first-order valence-corrected chi connectivity index (χ1v) is 6.73. The summed E-state index contributed by atoms with van der Waals surface area (Å²) in [4.78, 5) is 0. The van der Waals surface area contributed by atoms with Crippen molar-refractivity contribution in [2.45, 2.75) is 10.5 Å². The highest BCUT2D eigenvalue weighted by Gasteiger charge is 2.60. The molecule has 0 nitrogen and oxygen atoms in total. The molecule has 1 aliphatic rings. The second kappa shape index (κ2) is 2.87. The molecule has 1 fully saturated rings. The molecule has 0 atom stereocenters. The maximum atomic E-state index is 12.1. The van der Waals surface area contributed by atoms with Gasteiger partial charge in [-0.3, -0.25) is 0 Å². The van der Waals surface area contributed by atoms with E-state index in [-0.39, 0.29) is 21.6 Å². The summed E-state index contributed by atoms with van der Waals surface area (Å²) in [5, 5.41) is -7.87. The van der Waals surface area contributed by atoms with Crippen LogP contribution in [0.1, 0.15) is 0 Å². The van der Waals surface area contributed by atoms with Crippen LogP contribution in [-0.4, -0.2) is 10.5 Å². The van der Waals surface area contributed by atoms with Gasteiger partial charge in [-0.25, -0.2) is 0 Å². The molecule has 1 aliphatic heterocycles. The zero-order chi connectivity index (χ0) is 7.83. The average molecular weight is 228 g/mol. The lowest BCUT2D eigenvalue weighted by atomic mass is 10.7. The fourth-order valence-electron chi connectivity index (χ4n) is 0.210. The molecule has 0 bridgehead atoms. The van der Waals surface area contributed by atoms with Crippen molar-refractivity contribution < 1.29 is 17.6 Å². The zero-order valence-corrected chi connectivity index (χ0v) is 7.41. The monoisotopic (exact) mass is 228 g/mol. The van der Waals surface area contributed by atoms with Gasteiger partial charge in [0.1, 0.15) is 0 Å². The maximum Gasteiger partial charge on any atom is 0.377 e. The van der Waals surface area contributed by atoms with Gasteiger partial charge in [-0.1, -0.05) is 0 Å². The van der Waals surface area contributed by atoms with Gasteiger partial charge in [-0.15, -0.1) is 0 Å². The molecular formula is C2F4S4. The molecule has 0 aromatic carbocycles. The molecule has 60 valence electrons. The van der Waals surface area contributed by atoms with Gasteiger partial charge in [0, 0.05) is 21.6 Å². The largest absolute Gasteiger partial charge is 0.377 e. The van der Waals surface area contributed by atoms with Crippen molar-refractivity contribution in [3.8, 4) is 0 Å². The van der Waals surface area contributed by atoms with Crippen molar-refractivity contribution in [1.82, 2.24) is 0 Å². The van der Waals surface area contributed by atoms with Crippen molar-refractivity contribution in [1.29, 1.82) is 0 Å². The van der Waals surface area contributed by atoms with Gasteiger partial charge in [0.2, 0.25) is 0 Å². The Kier molecular flexibility index (Phi) is 2.64. The topological polar surface area (TPSA) is 0 Å². The van der Waals surface area contributed by atoms with Gasteiger partial charge in [0.05, 0.1) is 0 Å². The first kappa shape index (κ1) is 9.21. The highest BCUT2D eigenvalue weighted by molar-refractivity contribution is 9.27. The summed E-state index contributed by atoms with van der Waals surface area (Å²) in [6.45, 7) is 0. The summed E-state index contributed by atoms with van der Waals surface area (Å²) in [6, 6.07) is 0. The van der Waals surface area contributed by atoms with E-state index in [4.69, 9.17) is 0 Å². The van der Waals surface area contributed by atoms with Gasteiger partial charge in [-0.2, -0.15) is 17.6 Å². The van der Waals surface area contributed by atoms with Crippen LogP contribution < -0.4 is 0 Å². The predicted molar refractivity (Wildman–Crippen MR) is 40.3 cm³/mol. The summed E-state index contributed by atoms with van der Waals surface area (Å²) < 4.78 is 48.6. The smallest absolute Gasteiger partial charge is 0.185 e. The Morgan fingerprint density at radius 2 is 1.00 bits per heavy atom. The Morgan fingerprint density at radius 3 is 1.20 bits per heavy atom. The molecule has 0 saturated carbocycles. The molecule has 0 aromatic heterocycles. The van der Waals surface area contributed by atoms with Crippen LogP contribution in [0.3, 0.4) is 0 Å². The van der Waals surface area contributed by atoms with E-state index >= 15 is 0 Å². The van der Waals surface area contributed by atoms with Crippen LogP contribution in [0.5, 0.6) is 0 Å². The Labute approximate surface area is 69.5 Å². The number of hydrogen-bond acceptors (Lipinski definition) is 4. The molecule has 10 heavy (non-hydrogen) atoms. The van der Waals surface area contributed by atoms with Crippen LogP contribution in [0.4, 0.5) is 17.6 Å². The summed E-state index contributed by atoms with van der Waals surface area (Å²) in [5.74, 6) is 0. The van der Waals surface area contributed by atoms with Gasteiger partial charge >= 0.3 is 10.5 Å². The van der Waals surface area contributed by atoms with Crippen LogP contribution in [0.2, 0.25) is 0 Å². The minimum atomic E-state index is -3.94. The molecule has 0 unspecified atom stereocenters. The maximum absolute atomic E-state index is 12.1. The third kappa shape index (κ3) is 1.64. The van der Waals surface area contributed by atoms with Crippen molar-refractivity contribution in [3.05, 3.63) is 0 Å². The highest BCUT2D eigenvalue weighted by Crippen LogP contribution is 2.67. The second-order valence-corrected chi connectivity index (χ2v) is 7.23. The van der Waals surface area contributed by atoms with Crippen LogP contribution in [-0.2, 0) is 0 Å². The molecular weight excluding hydrogens is 228 g/mol. The van der Waals surface area contributed by atoms with Crippen molar-refractivity contribution in [3.63, 3.8) is 0 Å². The van der Waals surface area contributed by atoms with E-state index in [2.05, 4.69) is 0 Å². The normalized spacial score (nSPS) is 30.0. The first-order valence-electron chi connectivity index (χ1n) is 1.91. The zero-order valence-electron chi connectivity index (χ0n) is 4.14. The van der Waals surface area contributed by atoms with E-state index in [1.54, 1.807) is 0 Å². The number of rotatable bonds is 0. The third-order valence-corrected chi connectivity index (χ3v) is 6.95. The predicted octanol–water partition coefficient (Wildman–Crippen LogP) is 3.86. The van der Waals surface area contributed by atoms with Crippen LogP contribution in [0.15, 0.2) is 0 Å². The van der Waals surface area contributed by atoms with Crippen LogP contribution in [0.25, 0.3) is 0 Å². The summed E-state index contributed by atoms with van der Waals surface area (Å²) in [6.07, 6.45) is 0. The quantitative estimate of drug-likeness (QED) is 0.456. The SMILES string of the molecule is FC1(F)SSSSC1(F)F. The third-order valence-electron chi connectivity index (χ3n) is 0.644. The van der Waals surface area contributed by atoms with Gasteiger partial charge in [0.15, 0.2) is 0 Å². The van der Waals surface area contributed by atoms with Crippen molar-refractivity contribution >= 4 is 41.2 Å². The fourth-order valence-corrected chi connectivity index (χ4v) is 6.04. The van der Waals surface area contributed by atoms with E-state index in [0.29, 0.717) is 19.7 Å². The second-order valence-electron chi connectivity index (χ2n) is 1.34. The average Bonchev–Trinajstić information content (AvgIpc) is 1.77.